The highest BCUT2D eigenvalue weighted by Crippen LogP contribution is 2.29. The first-order chi connectivity index (χ1) is 5.90. The lowest BCUT2D eigenvalue weighted by Crippen LogP contribution is -2.27. The van der Waals surface area contributed by atoms with E-state index in [9.17, 15) is 13.6 Å². The molecule has 76 valence electrons. The van der Waals surface area contributed by atoms with Crippen LogP contribution in [0.3, 0.4) is 0 Å². The van der Waals surface area contributed by atoms with Crippen molar-refractivity contribution in [1.82, 2.24) is 5.32 Å². The molecule has 0 radical (unpaired) electrons. The molecule has 5 heteroatoms. The Morgan fingerprint density at radius 2 is 2.23 bits per heavy atom. The van der Waals surface area contributed by atoms with E-state index in [4.69, 9.17) is 5.11 Å². The maximum absolute atomic E-state index is 12.6. The lowest BCUT2D eigenvalue weighted by molar-refractivity contribution is -0.143. The smallest absolute Gasteiger partial charge is 0.308 e. The zero-order valence-electron chi connectivity index (χ0n) is 7.39. The van der Waals surface area contributed by atoms with Crippen LogP contribution in [0.4, 0.5) is 8.78 Å². The van der Waals surface area contributed by atoms with Gasteiger partial charge in [-0.2, -0.15) is 0 Å². The maximum Gasteiger partial charge on any atom is 0.308 e. The van der Waals surface area contributed by atoms with Gasteiger partial charge in [0.05, 0.1) is 5.92 Å². The molecule has 1 aliphatic heterocycles. The highest BCUT2D eigenvalue weighted by molar-refractivity contribution is 5.71. The molecule has 3 nitrogen and oxygen atoms in total. The fourth-order valence-electron chi connectivity index (χ4n) is 1.70. The average Bonchev–Trinajstić information content (AvgIpc) is 2.31. The standard InChI is InChI=1S/C8H13F2NO2/c1-8(9,10)2-5-3-11-4-6(5)7(12)13/h5-6,11H,2-4H2,1H3,(H,12,13). The van der Waals surface area contributed by atoms with Crippen molar-refractivity contribution >= 4 is 5.97 Å². The monoisotopic (exact) mass is 193 g/mol. The van der Waals surface area contributed by atoms with Crippen LogP contribution in [0.15, 0.2) is 0 Å². The van der Waals surface area contributed by atoms with Crippen LogP contribution in [0.2, 0.25) is 0 Å². The molecule has 1 heterocycles. The molecule has 0 saturated carbocycles. The first kappa shape index (κ1) is 10.4. The maximum atomic E-state index is 12.6. The predicted octanol–water partition coefficient (Wildman–Crippen LogP) is 0.952. The van der Waals surface area contributed by atoms with Crippen molar-refractivity contribution in [3.8, 4) is 0 Å². The molecule has 1 saturated heterocycles. The molecule has 0 aromatic rings. The molecular weight excluding hydrogens is 180 g/mol. The van der Waals surface area contributed by atoms with Gasteiger partial charge >= 0.3 is 5.97 Å². The van der Waals surface area contributed by atoms with E-state index in [1.54, 1.807) is 0 Å². The van der Waals surface area contributed by atoms with Gasteiger partial charge in [0.1, 0.15) is 0 Å². The van der Waals surface area contributed by atoms with Crippen LogP contribution in [-0.2, 0) is 4.79 Å². The van der Waals surface area contributed by atoms with Gasteiger partial charge in [0.2, 0.25) is 5.92 Å². The number of nitrogens with one attached hydrogen (secondary N) is 1. The van der Waals surface area contributed by atoms with E-state index < -0.39 is 23.7 Å². The molecule has 2 unspecified atom stereocenters. The number of carboxylic acids is 1. The number of rotatable bonds is 3. The Bertz CT molecular complexity index is 203. The number of halogens is 2. The first-order valence-electron chi connectivity index (χ1n) is 4.21. The Morgan fingerprint density at radius 1 is 1.62 bits per heavy atom. The third-order valence-electron chi connectivity index (χ3n) is 2.28. The minimum Gasteiger partial charge on any atom is -0.481 e. The molecule has 2 atom stereocenters. The Hall–Kier alpha value is -0.710. The van der Waals surface area contributed by atoms with Crippen molar-refractivity contribution in [2.75, 3.05) is 13.1 Å². The van der Waals surface area contributed by atoms with Gasteiger partial charge in [0, 0.05) is 13.0 Å². The van der Waals surface area contributed by atoms with Crippen LogP contribution >= 0.6 is 0 Å². The molecule has 0 spiro atoms. The molecule has 1 aliphatic rings. The molecule has 2 N–H and O–H groups in total. The van der Waals surface area contributed by atoms with Crippen molar-refractivity contribution in [2.24, 2.45) is 11.8 Å². The van der Waals surface area contributed by atoms with Crippen LogP contribution in [0.25, 0.3) is 0 Å². The van der Waals surface area contributed by atoms with Crippen LogP contribution in [0.5, 0.6) is 0 Å². The highest BCUT2D eigenvalue weighted by atomic mass is 19.3. The summed E-state index contributed by atoms with van der Waals surface area (Å²) in [5.41, 5.74) is 0. The molecule has 0 aliphatic carbocycles. The second-order valence-electron chi connectivity index (χ2n) is 3.64. The third kappa shape index (κ3) is 2.91. The van der Waals surface area contributed by atoms with Gasteiger partial charge in [-0.15, -0.1) is 0 Å². The van der Waals surface area contributed by atoms with E-state index in [2.05, 4.69) is 5.32 Å². The molecule has 0 aromatic carbocycles. The van der Waals surface area contributed by atoms with Crippen molar-refractivity contribution < 1.29 is 18.7 Å². The van der Waals surface area contributed by atoms with Gasteiger partial charge < -0.3 is 10.4 Å². The normalized spacial score (nSPS) is 29.2. The average molecular weight is 193 g/mol. The summed E-state index contributed by atoms with van der Waals surface area (Å²) in [6.45, 7) is 1.50. The second-order valence-corrected chi connectivity index (χ2v) is 3.64. The number of carboxylic acid groups (broad SMARTS) is 1. The number of alkyl halides is 2. The molecule has 1 fully saturated rings. The summed E-state index contributed by atoms with van der Waals surface area (Å²) >= 11 is 0. The lowest BCUT2D eigenvalue weighted by Gasteiger charge is -2.18. The third-order valence-corrected chi connectivity index (χ3v) is 2.28. The second kappa shape index (κ2) is 3.57. The fraction of sp³-hybridized carbons (Fsp3) is 0.875. The van der Waals surface area contributed by atoms with Gasteiger partial charge in [-0.1, -0.05) is 0 Å². The first-order valence-corrected chi connectivity index (χ1v) is 4.21. The summed E-state index contributed by atoms with van der Waals surface area (Å²) in [4.78, 5) is 10.6. The Kier molecular flexibility index (Phi) is 2.85. The predicted molar refractivity (Wildman–Crippen MR) is 42.7 cm³/mol. The number of hydrogen-bond acceptors (Lipinski definition) is 2. The van der Waals surface area contributed by atoms with E-state index in [-0.39, 0.29) is 6.42 Å². The van der Waals surface area contributed by atoms with Crippen LogP contribution in [0, 0.1) is 11.8 Å². The minimum atomic E-state index is -2.77. The zero-order chi connectivity index (χ0) is 10.1. The summed E-state index contributed by atoms with van der Waals surface area (Å²) in [6, 6.07) is 0. The number of hydrogen-bond donors (Lipinski definition) is 2. The molecule has 13 heavy (non-hydrogen) atoms. The van der Waals surface area contributed by atoms with E-state index in [1.807, 2.05) is 0 Å². The fourth-order valence-corrected chi connectivity index (χ4v) is 1.70. The summed E-state index contributed by atoms with van der Waals surface area (Å²) in [5.74, 6) is -4.87. The van der Waals surface area contributed by atoms with E-state index >= 15 is 0 Å². The van der Waals surface area contributed by atoms with Crippen molar-refractivity contribution in [1.29, 1.82) is 0 Å². The lowest BCUT2D eigenvalue weighted by atomic mass is 9.91. The summed E-state index contributed by atoms with van der Waals surface area (Å²) in [7, 11) is 0. The number of aliphatic carboxylic acids is 1. The van der Waals surface area contributed by atoms with Gasteiger partial charge in [0.25, 0.3) is 0 Å². The van der Waals surface area contributed by atoms with E-state index in [0.29, 0.717) is 13.1 Å². The highest BCUT2D eigenvalue weighted by Gasteiger charge is 2.38. The topological polar surface area (TPSA) is 49.3 Å². The molecule has 0 amide bonds. The van der Waals surface area contributed by atoms with Crippen molar-refractivity contribution in [3.63, 3.8) is 0 Å². The van der Waals surface area contributed by atoms with E-state index in [1.165, 1.54) is 0 Å². The van der Waals surface area contributed by atoms with Gasteiger partial charge in [-0.05, 0) is 19.4 Å². The van der Waals surface area contributed by atoms with Crippen LogP contribution in [-0.4, -0.2) is 30.1 Å². The molecule has 0 bridgehead atoms. The Labute approximate surface area is 75.1 Å². The SMILES string of the molecule is CC(F)(F)CC1CNCC1C(=O)O. The van der Waals surface area contributed by atoms with Crippen LogP contribution in [0.1, 0.15) is 13.3 Å². The molecular formula is C8H13F2NO2. The quantitative estimate of drug-likeness (QED) is 0.701. The minimum absolute atomic E-state index is 0.302. The van der Waals surface area contributed by atoms with Crippen molar-refractivity contribution in [3.05, 3.63) is 0 Å². The molecule has 1 rings (SSSR count). The zero-order valence-corrected chi connectivity index (χ0v) is 7.39. The summed E-state index contributed by atoms with van der Waals surface area (Å²) in [6.07, 6.45) is -0.350. The van der Waals surface area contributed by atoms with E-state index in [0.717, 1.165) is 6.92 Å². The number of carbonyl (C=O) groups is 1. The van der Waals surface area contributed by atoms with Crippen LogP contribution < -0.4 is 5.32 Å². The molecule has 0 aromatic heterocycles. The van der Waals surface area contributed by atoms with Crippen molar-refractivity contribution in [2.45, 2.75) is 19.3 Å². The van der Waals surface area contributed by atoms with Gasteiger partial charge in [-0.25, -0.2) is 8.78 Å². The Morgan fingerprint density at radius 3 is 2.69 bits per heavy atom. The Balaban J connectivity index is 2.54. The summed E-state index contributed by atoms with van der Waals surface area (Å²) < 4.78 is 25.2. The van der Waals surface area contributed by atoms with Gasteiger partial charge in [0.15, 0.2) is 0 Å². The van der Waals surface area contributed by atoms with Gasteiger partial charge in [-0.3, -0.25) is 4.79 Å². The largest absolute Gasteiger partial charge is 0.481 e. The summed E-state index contributed by atoms with van der Waals surface area (Å²) in [5, 5.41) is 11.5.